The number of rotatable bonds is 10. The number of hydrogen-bond acceptors (Lipinski definition) is 8. The molecule has 2 amide bonds. The van der Waals surface area contributed by atoms with Crippen molar-refractivity contribution in [2.24, 2.45) is 4.99 Å². The third kappa shape index (κ3) is 6.06. The number of aromatic nitrogens is 3. The van der Waals surface area contributed by atoms with Crippen molar-refractivity contribution in [3.63, 3.8) is 0 Å². The molecule has 0 aliphatic carbocycles. The van der Waals surface area contributed by atoms with Gasteiger partial charge in [0, 0.05) is 35.2 Å². The lowest BCUT2D eigenvalue weighted by Crippen LogP contribution is -2.18. The van der Waals surface area contributed by atoms with Crippen LogP contribution in [0.5, 0.6) is 11.5 Å². The number of carbonyl (C=O) groups is 2. The number of aryl methyl sites for hydroxylation is 2. The predicted molar refractivity (Wildman–Crippen MR) is 163 cm³/mol. The number of fused-ring (bicyclic) bond motifs is 3. The van der Waals surface area contributed by atoms with Crippen molar-refractivity contribution < 1.29 is 19.1 Å². The summed E-state index contributed by atoms with van der Waals surface area (Å²) in [7, 11) is 3.23. The summed E-state index contributed by atoms with van der Waals surface area (Å²) < 4.78 is 13.1. The average Bonchev–Trinajstić information content (AvgIpc) is 3.47. The summed E-state index contributed by atoms with van der Waals surface area (Å²) in [4.78, 5) is 31.1. The van der Waals surface area contributed by atoms with Gasteiger partial charge in [0.1, 0.15) is 28.4 Å². The molecule has 10 nitrogen and oxygen atoms in total. The lowest BCUT2D eigenvalue weighted by molar-refractivity contribution is -0.120. The number of amides is 2. The molecule has 0 bridgehead atoms. The first-order chi connectivity index (χ1) is 20.3. The number of anilines is 1. The molecule has 0 spiro atoms. The summed E-state index contributed by atoms with van der Waals surface area (Å²) in [5.74, 6) is 2.61. The standard InChI is InChI=1S/C31H34N6O4S/c1-18-19(2)42-31-28(18)29(21-8-12-24(13-9-21)41-16-6-7-26(38)32-4)34-25(30-36-35-20(3)37(30)31)17-27(39)33-22-10-14-23(40-5)15-11-22/h8-15,25H,6-7,16-17H2,1-5H3,(H,32,38)(H,33,39)/t25-/m0/s1. The molecule has 11 heteroatoms. The molecule has 42 heavy (non-hydrogen) atoms. The van der Waals surface area contributed by atoms with E-state index < -0.39 is 6.04 Å². The SMILES string of the molecule is CNC(=O)CCCOc1ccc(C2=N[C@@H](CC(=O)Nc3ccc(OC)cc3)c3nnc(C)n3-c3sc(C)c(C)c32)cc1. The number of benzene rings is 2. The van der Waals surface area contributed by atoms with Crippen molar-refractivity contribution in [1.29, 1.82) is 0 Å². The number of hydrogen-bond donors (Lipinski definition) is 2. The Morgan fingerprint density at radius 3 is 2.38 bits per heavy atom. The van der Waals surface area contributed by atoms with Crippen LogP contribution in [0, 0.1) is 20.8 Å². The zero-order chi connectivity index (χ0) is 29.8. The van der Waals surface area contributed by atoms with Crippen LogP contribution in [0.4, 0.5) is 5.69 Å². The van der Waals surface area contributed by atoms with Gasteiger partial charge in [-0.1, -0.05) is 0 Å². The fraction of sp³-hybridized carbons (Fsp3) is 0.323. The normalized spacial score (nSPS) is 13.8. The minimum atomic E-state index is -0.556. The van der Waals surface area contributed by atoms with Gasteiger partial charge in [0.25, 0.3) is 0 Å². The van der Waals surface area contributed by atoms with Crippen LogP contribution in [0.3, 0.4) is 0 Å². The molecule has 0 saturated heterocycles. The molecule has 0 fully saturated rings. The van der Waals surface area contributed by atoms with Crippen molar-refractivity contribution in [2.75, 3.05) is 26.1 Å². The molecule has 0 saturated carbocycles. The Morgan fingerprint density at radius 2 is 1.69 bits per heavy atom. The minimum Gasteiger partial charge on any atom is -0.497 e. The van der Waals surface area contributed by atoms with E-state index in [1.807, 2.05) is 35.8 Å². The first-order valence-electron chi connectivity index (χ1n) is 13.8. The zero-order valence-corrected chi connectivity index (χ0v) is 25.2. The molecule has 2 N–H and O–H groups in total. The van der Waals surface area contributed by atoms with E-state index in [0.717, 1.165) is 33.2 Å². The second kappa shape index (κ2) is 12.6. The Bertz CT molecular complexity index is 1620. The van der Waals surface area contributed by atoms with Crippen molar-refractivity contribution in [2.45, 2.75) is 46.1 Å². The van der Waals surface area contributed by atoms with Crippen LogP contribution in [-0.2, 0) is 9.59 Å². The molecule has 1 atom stereocenters. The molecule has 5 rings (SSSR count). The fourth-order valence-electron chi connectivity index (χ4n) is 4.84. The van der Waals surface area contributed by atoms with Crippen molar-refractivity contribution >= 4 is 34.6 Å². The monoisotopic (exact) mass is 586 g/mol. The minimum absolute atomic E-state index is 0.00446. The van der Waals surface area contributed by atoms with Gasteiger partial charge in [-0.3, -0.25) is 19.1 Å². The van der Waals surface area contributed by atoms with E-state index in [-0.39, 0.29) is 18.2 Å². The van der Waals surface area contributed by atoms with Crippen molar-refractivity contribution in [3.8, 4) is 16.5 Å². The second-order valence-electron chi connectivity index (χ2n) is 10.0. The van der Waals surface area contributed by atoms with Gasteiger partial charge in [-0.15, -0.1) is 21.5 Å². The van der Waals surface area contributed by atoms with E-state index in [0.29, 0.717) is 42.5 Å². The van der Waals surface area contributed by atoms with Crippen LogP contribution < -0.4 is 20.1 Å². The lowest BCUT2D eigenvalue weighted by Gasteiger charge is -2.13. The highest BCUT2D eigenvalue weighted by Crippen LogP contribution is 2.39. The number of nitrogens with one attached hydrogen (secondary N) is 2. The molecule has 3 heterocycles. The number of carbonyl (C=O) groups excluding carboxylic acids is 2. The number of nitrogens with zero attached hydrogens (tertiary/aromatic N) is 4. The highest BCUT2D eigenvalue weighted by atomic mass is 32.1. The Kier molecular flexibility index (Phi) is 8.67. The average molecular weight is 587 g/mol. The number of thiophene rings is 1. The fourth-order valence-corrected chi connectivity index (χ4v) is 6.06. The Balaban J connectivity index is 1.46. The Hall–Kier alpha value is -4.51. The van der Waals surface area contributed by atoms with E-state index >= 15 is 0 Å². The molecule has 1 aliphatic rings. The van der Waals surface area contributed by atoms with E-state index in [9.17, 15) is 9.59 Å². The maximum atomic E-state index is 13.3. The van der Waals surface area contributed by atoms with Gasteiger partial charge in [-0.2, -0.15) is 0 Å². The molecular formula is C31H34N6O4S. The number of methoxy groups -OCH3 is 1. The summed E-state index contributed by atoms with van der Waals surface area (Å²) in [5.41, 5.74) is 4.52. The summed E-state index contributed by atoms with van der Waals surface area (Å²) in [5, 5.41) is 15.4. The van der Waals surface area contributed by atoms with Gasteiger partial charge in [0.05, 0.1) is 25.8 Å². The molecule has 1 aliphatic heterocycles. The third-order valence-electron chi connectivity index (χ3n) is 7.22. The second-order valence-corrected chi connectivity index (χ2v) is 11.2. The van der Waals surface area contributed by atoms with Gasteiger partial charge in [0.2, 0.25) is 11.8 Å². The summed E-state index contributed by atoms with van der Waals surface area (Å²) in [6, 6.07) is 14.4. The van der Waals surface area contributed by atoms with Crippen molar-refractivity contribution in [1.82, 2.24) is 20.1 Å². The summed E-state index contributed by atoms with van der Waals surface area (Å²) in [6.45, 7) is 6.56. The first-order valence-corrected chi connectivity index (χ1v) is 14.6. The van der Waals surface area contributed by atoms with Crippen LogP contribution in [0.1, 0.15) is 58.5 Å². The summed E-state index contributed by atoms with van der Waals surface area (Å²) >= 11 is 1.67. The highest BCUT2D eigenvalue weighted by molar-refractivity contribution is 7.15. The maximum absolute atomic E-state index is 13.3. The van der Waals surface area contributed by atoms with E-state index in [2.05, 4.69) is 34.7 Å². The Morgan fingerprint density at radius 1 is 0.976 bits per heavy atom. The smallest absolute Gasteiger partial charge is 0.227 e. The van der Waals surface area contributed by atoms with Crippen LogP contribution >= 0.6 is 11.3 Å². The number of ether oxygens (including phenoxy) is 2. The van der Waals surface area contributed by atoms with Crippen LogP contribution in [0.15, 0.2) is 53.5 Å². The third-order valence-corrected chi connectivity index (χ3v) is 8.41. The van der Waals surface area contributed by atoms with Crippen LogP contribution in [-0.4, -0.2) is 53.1 Å². The molecule has 0 radical (unpaired) electrons. The van der Waals surface area contributed by atoms with E-state index in [4.69, 9.17) is 14.5 Å². The molecule has 2 aromatic carbocycles. The molecule has 2 aromatic heterocycles. The van der Waals surface area contributed by atoms with Gasteiger partial charge in [-0.05, 0) is 81.3 Å². The van der Waals surface area contributed by atoms with Crippen LogP contribution in [0.2, 0.25) is 0 Å². The molecule has 4 aromatic rings. The molecule has 0 unspecified atom stereocenters. The summed E-state index contributed by atoms with van der Waals surface area (Å²) in [6.07, 6.45) is 1.14. The van der Waals surface area contributed by atoms with E-state index in [1.54, 1.807) is 49.8 Å². The molecular weight excluding hydrogens is 552 g/mol. The van der Waals surface area contributed by atoms with Gasteiger partial charge >= 0.3 is 0 Å². The predicted octanol–water partition coefficient (Wildman–Crippen LogP) is 5.09. The van der Waals surface area contributed by atoms with E-state index in [1.165, 1.54) is 4.88 Å². The lowest BCUT2D eigenvalue weighted by atomic mass is 9.99. The van der Waals surface area contributed by atoms with Gasteiger partial charge in [-0.25, -0.2) is 0 Å². The topological polar surface area (TPSA) is 120 Å². The Labute approximate surface area is 248 Å². The maximum Gasteiger partial charge on any atom is 0.227 e. The van der Waals surface area contributed by atoms with Gasteiger partial charge in [0.15, 0.2) is 5.82 Å². The highest BCUT2D eigenvalue weighted by Gasteiger charge is 2.32. The van der Waals surface area contributed by atoms with Gasteiger partial charge < -0.3 is 20.1 Å². The number of aliphatic imine (C=N–C) groups is 1. The quantitative estimate of drug-likeness (QED) is 0.250. The van der Waals surface area contributed by atoms with Crippen molar-refractivity contribution in [3.05, 3.63) is 81.7 Å². The zero-order valence-electron chi connectivity index (χ0n) is 24.4. The molecule has 218 valence electrons. The largest absolute Gasteiger partial charge is 0.497 e. The van der Waals surface area contributed by atoms with Crippen LogP contribution in [0.25, 0.3) is 5.00 Å². The first kappa shape index (κ1) is 29.0.